The van der Waals surface area contributed by atoms with Gasteiger partial charge in [0.25, 0.3) is 0 Å². The predicted octanol–water partition coefficient (Wildman–Crippen LogP) is 4.86. The fraction of sp³-hybridized carbons (Fsp3) is 0.364. The molecule has 32 heavy (non-hydrogen) atoms. The fourth-order valence-electron chi connectivity index (χ4n) is 3.66. The molecular weight excluding hydrogens is 467 g/mol. The SMILES string of the molecule is O=C(CSc1nnc(-c2ccncc2)n1CCN1CCCCC1)Nc1c(Cl)cccc1Cl. The maximum atomic E-state index is 12.6. The number of aromatic nitrogens is 4. The Labute approximate surface area is 201 Å². The van der Waals surface area contributed by atoms with Crippen molar-refractivity contribution in [3.8, 4) is 11.4 Å². The van der Waals surface area contributed by atoms with E-state index in [0.29, 0.717) is 20.9 Å². The number of piperidine rings is 1. The smallest absolute Gasteiger partial charge is 0.234 e. The second-order valence-electron chi connectivity index (χ2n) is 7.53. The molecule has 4 rings (SSSR count). The van der Waals surface area contributed by atoms with E-state index in [1.165, 1.54) is 31.0 Å². The van der Waals surface area contributed by atoms with E-state index in [1.807, 2.05) is 12.1 Å². The van der Waals surface area contributed by atoms with Crippen LogP contribution in [0.2, 0.25) is 10.0 Å². The van der Waals surface area contributed by atoms with Gasteiger partial charge < -0.3 is 14.8 Å². The summed E-state index contributed by atoms with van der Waals surface area (Å²) < 4.78 is 2.09. The Hall–Kier alpha value is -2.13. The standard InChI is InChI=1S/C22H24Cl2N6OS/c23-17-5-4-6-18(24)20(17)26-19(31)15-32-22-28-27-21(16-7-9-25-10-8-16)30(22)14-13-29-11-2-1-3-12-29/h4-10H,1-3,11-15H2,(H,26,31). The van der Waals surface area contributed by atoms with E-state index in [4.69, 9.17) is 23.2 Å². The number of thioether (sulfide) groups is 1. The lowest BCUT2D eigenvalue weighted by molar-refractivity contribution is -0.113. The average Bonchev–Trinajstić information content (AvgIpc) is 3.23. The molecule has 10 heteroatoms. The molecule has 2 aromatic heterocycles. The number of nitrogens with one attached hydrogen (secondary N) is 1. The number of anilines is 1. The van der Waals surface area contributed by atoms with Gasteiger partial charge in [-0.15, -0.1) is 10.2 Å². The Morgan fingerprint density at radius 1 is 1.00 bits per heavy atom. The van der Waals surface area contributed by atoms with Crippen molar-refractivity contribution in [1.82, 2.24) is 24.6 Å². The number of amides is 1. The van der Waals surface area contributed by atoms with Gasteiger partial charge in [-0.25, -0.2) is 0 Å². The van der Waals surface area contributed by atoms with E-state index in [9.17, 15) is 4.79 Å². The van der Waals surface area contributed by atoms with Gasteiger partial charge in [0, 0.05) is 31.0 Å². The Morgan fingerprint density at radius 3 is 2.44 bits per heavy atom. The molecule has 0 bridgehead atoms. The predicted molar refractivity (Wildman–Crippen MR) is 129 cm³/mol. The zero-order valence-electron chi connectivity index (χ0n) is 17.5. The Balaban J connectivity index is 1.47. The van der Waals surface area contributed by atoms with Crippen LogP contribution in [0, 0.1) is 0 Å². The van der Waals surface area contributed by atoms with Gasteiger partial charge in [-0.3, -0.25) is 9.78 Å². The summed E-state index contributed by atoms with van der Waals surface area (Å²) in [5.74, 6) is 0.738. The highest BCUT2D eigenvalue weighted by atomic mass is 35.5. The number of carbonyl (C=O) groups excluding carboxylic acids is 1. The summed E-state index contributed by atoms with van der Waals surface area (Å²) >= 11 is 13.7. The zero-order valence-corrected chi connectivity index (χ0v) is 19.8. The van der Waals surface area contributed by atoms with Crippen LogP contribution in [-0.4, -0.2) is 55.9 Å². The number of pyridine rings is 1. The molecule has 0 aliphatic carbocycles. The molecule has 1 N–H and O–H groups in total. The second kappa shape index (κ2) is 11.1. The zero-order chi connectivity index (χ0) is 22.3. The number of benzene rings is 1. The molecule has 0 atom stereocenters. The molecule has 1 amide bonds. The topological polar surface area (TPSA) is 75.9 Å². The minimum atomic E-state index is -0.207. The first kappa shape index (κ1) is 23.0. The molecule has 168 valence electrons. The number of para-hydroxylation sites is 1. The van der Waals surface area contributed by atoms with Gasteiger partial charge in [0.15, 0.2) is 11.0 Å². The van der Waals surface area contributed by atoms with Crippen LogP contribution in [0.15, 0.2) is 47.9 Å². The number of nitrogens with zero attached hydrogens (tertiary/aromatic N) is 5. The number of likely N-dealkylation sites (tertiary alicyclic amines) is 1. The number of halogens is 2. The van der Waals surface area contributed by atoms with Crippen LogP contribution in [0.3, 0.4) is 0 Å². The molecule has 7 nitrogen and oxygen atoms in total. The van der Waals surface area contributed by atoms with Gasteiger partial charge in [-0.05, 0) is 50.2 Å². The third-order valence-corrected chi connectivity index (χ3v) is 6.90. The summed E-state index contributed by atoms with van der Waals surface area (Å²) in [7, 11) is 0. The molecule has 3 aromatic rings. The van der Waals surface area contributed by atoms with Crippen molar-refractivity contribution in [2.75, 3.05) is 30.7 Å². The lowest BCUT2D eigenvalue weighted by atomic mass is 10.1. The van der Waals surface area contributed by atoms with Crippen molar-refractivity contribution in [2.45, 2.75) is 31.0 Å². The molecular formula is C22H24Cl2N6OS. The minimum absolute atomic E-state index is 0.166. The summed E-state index contributed by atoms with van der Waals surface area (Å²) in [5, 5.41) is 13.1. The third-order valence-electron chi connectivity index (χ3n) is 5.30. The van der Waals surface area contributed by atoms with Gasteiger partial charge in [0.2, 0.25) is 5.91 Å². The van der Waals surface area contributed by atoms with E-state index >= 15 is 0 Å². The van der Waals surface area contributed by atoms with E-state index in [0.717, 1.165) is 37.6 Å². The lowest BCUT2D eigenvalue weighted by Crippen LogP contribution is -2.32. The highest BCUT2D eigenvalue weighted by Gasteiger charge is 2.18. The maximum absolute atomic E-state index is 12.6. The number of rotatable bonds is 8. The first-order valence-corrected chi connectivity index (χ1v) is 12.3. The number of carbonyl (C=O) groups is 1. The molecule has 0 saturated carbocycles. The molecule has 0 unspecified atom stereocenters. The van der Waals surface area contributed by atoms with Crippen LogP contribution in [0.25, 0.3) is 11.4 Å². The van der Waals surface area contributed by atoms with Crippen molar-refractivity contribution in [3.63, 3.8) is 0 Å². The van der Waals surface area contributed by atoms with Crippen LogP contribution in [-0.2, 0) is 11.3 Å². The largest absolute Gasteiger partial charge is 0.323 e. The Morgan fingerprint density at radius 2 is 1.72 bits per heavy atom. The van der Waals surface area contributed by atoms with Crippen molar-refractivity contribution in [1.29, 1.82) is 0 Å². The molecule has 3 heterocycles. The van der Waals surface area contributed by atoms with Gasteiger partial charge in [-0.1, -0.05) is 47.5 Å². The number of hydrogen-bond acceptors (Lipinski definition) is 6. The first-order chi connectivity index (χ1) is 15.6. The fourth-order valence-corrected chi connectivity index (χ4v) is 4.92. The first-order valence-electron chi connectivity index (χ1n) is 10.5. The average molecular weight is 491 g/mol. The molecule has 0 radical (unpaired) electrons. The van der Waals surface area contributed by atoms with Crippen LogP contribution in [0.4, 0.5) is 5.69 Å². The quantitative estimate of drug-likeness (QED) is 0.454. The summed E-state index contributed by atoms with van der Waals surface area (Å²) in [5.41, 5.74) is 1.37. The van der Waals surface area contributed by atoms with Crippen LogP contribution in [0.5, 0.6) is 0 Å². The highest BCUT2D eigenvalue weighted by molar-refractivity contribution is 7.99. The summed E-state index contributed by atoms with van der Waals surface area (Å²) in [6, 6.07) is 8.95. The van der Waals surface area contributed by atoms with Crippen molar-refractivity contribution in [2.24, 2.45) is 0 Å². The third kappa shape index (κ3) is 5.81. The van der Waals surface area contributed by atoms with E-state index in [2.05, 4.69) is 30.0 Å². The molecule has 1 aliphatic heterocycles. The molecule has 1 saturated heterocycles. The van der Waals surface area contributed by atoms with Crippen molar-refractivity contribution >= 4 is 46.6 Å². The monoisotopic (exact) mass is 490 g/mol. The summed E-state index contributed by atoms with van der Waals surface area (Å²) in [6.45, 7) is 3.92. The van der Waals surface area contributed by atoms with Gasteiger partial charge >= 0.3 is 0 Å². The second-order valence-corrected chi connectivity index (χ2v) is 9.29. The lowest BCUT2D eigenvalue weighted by Gasteiger charge is -2.26. The van der Waals surface area contributed by atoms with Crippen molar-refractivity contribution < 1.29 is 4.79 Å². The maximum Gasteiger partial charge on any atom is 0.234 e. The van der Waals surface area contributed by atoms with Crippen LogP contribution < -0.4 is 5.32 Å². The van der Waals surface area contributed by atoms with Gasteiger partial charge in [-0.2, -0.15) is 0 Å². The highest BCUT2D eigenvalue weighted by Crippen LogP contribution is 2.30. The number of hydrogen-bond donors (Lipinski definition) is 1. The van der Waals surface area contributed by atoms with Gasteiger partial charge in [0.1, 0.15) is 0 Å². The summed E-state index contributed by atoms with van der Waals surface area (Å²) in [6.07, 6.45) is 7.27. The van der Waals surface area contributed by atoms with Gasteiger partial charge in [0.05, 0.1) is 21.5 Å². The van der Waals surface area contributed by atoms with Crippen LogP contribution >= 0.6 is 35.0 Å². The molecule has 1 aliphatic rings. The minimum Gasteiger partial charge on any atom is -0.323 e. The van der Waals surface area contributed by atoms with Crippen LogP contribution in [0.1, 0.15) is 19.3 Å². The normalized spacial score (nSPS) is 14.4. The van der Waals surface area contributed by atoms with E-state index < -0.39 is 0 Å². The van der Waals surface area contributed by atoms with E-state index in [1.54, 1.807) is 30.6 Å². The Bertz CT molecular complexity index is 1040. The van der Waals surface area contributed by atoms with Crippen molar-refractivity contribution in [3.05, 3.63) is 52.8 Å². The molecule has 0 spiro atoms. The Kier molecular flexibility index (Phi) is 8.02. The molecule has 1 aromatic carbocycles. The van der Waals surface area contributed by atoms with E-state index in [-0.39, 0.29) is 11.7 Å². The molecule has 1 fully saturated rings. The summed E-state index contributed by atoms with van der Waals surface area (Å²) in [4.78, 5) is 19.1.